The molecule has 0 radical (unpaired) electrons. The summed E-state index contributed by atoms with van der Waals surface area (Å²) < 4.78 is 0. The SMILES string of the molecule is CC(C)C=O.CN(CCO)C1CCN(c2nc3cc(Cl)c(Cl)cc3nc2-c2cccc(C#N)c2)C1. The highest BCUT2D eigenvalue weighted by atomic mass is 35.5. The number of fused-ring (bicyclic) bond motifs is 1. The quantitative estimate of drug-likeness (QED) is 0.472. The van der Waals surface area contributed by atoms with Gasteiger partial charge in [-0.05, 0) is 37.7 Å². The second-order valence-electron chi connectivity index (χ2n) is 8.82. The van der Waals surface area contributed by atoms with Crippen LogP contribution in [0.1, 0.15) is 25.8 Å². The van der Waals surface area contributed by atoms with Crippen molar-refractivity contribution in [2.24, 2.45) is 5.92 Å². The highest BCUT2D eigenvalue weighted by molar-refractivity contribution is 6.42. The molecule has 7 nitrogen and oxygen atoms in total. The van der Waals surface area contributed by atoms with Crippen molar-refractivity contribution in [3.63, 3.8) is 0 Å². The summed E-state index contributed by atoms with van der Waals surface area (Å²) >= 11 is 12.4. The molecule has 1 fully saturated rings. The lowest BCUT2D eigenvalue weighted by atomic mass is 10.1. The first-order chi connectivity index (χ1) is 16.8. The number of rotatable bonds is 6. The first kappa shape index (κ1) is 26.8. The number of nitriles is 1. The molecule has 9 heteroatoms. The van der Waals surface area contributed by atoms with E-state index in [1.165, 1.54) is 0 Å². The van der Waals surface area contributed by atoms with Gasteiger partial charge in [0.15, 0.2) is 5.82 Å². The lowest BCUT2D eigenvalue weighted by molar-refractivity contribution is -0.110. The van der Waals surface area contributed by atoms with Crippen LogP contribution >= 0.6 is 23.2 Å². The van der Waals surface area contributed by atoms with Crippen LogP contribution in [-0.2, 0) is 4.79 Å². The molecule has 1 aliphatic rings. The van der Waals surface area contributed by atoms with Gasteiger partial charge in [0.2, 0.25) is 0 Å². The Morgan fingerprint density at radius 3 is 2.49 bits per heavy atom. The number of aliphatic hydroxyl groups is 1. The standard InChI is InChI=1S/C22H21Cl2N5O.C4H8O/c1-28(7-8-30)16-5-6-29(13-16)22-21(15-4-2-3-14(9-15)12-25)26-19-10-17(23)18(24)11-20(19)27-22;1-4(2)3-5/h2-4,9-11,16,30H,5-8,13H2,1H3;3-4H,1-2H3. The molecule has 0 bridgehead atoms. The number of anilines is 1. The second kappa shape index (κ2) is 12.3. The van der Waals surface area contributed by atoms with Gasteiger partial charge in [-0.25, -0.2) is 9.97 Å². The van der Waals surface area contributed by atoms with E-state index in [0.717, 1.165) is 37.2 Å². The molecule has 1 atom stereocenters. The van der Waals surface area contributed by atoms with Crippen LogP contribution in [0.3, 0.4) is 0 Å². The van der Waals surface area contributed by atoms with E-state index in [0.29, 0.717) is 44.9 Å². The largest absolute Gasteiger partial charge is 0.395 e. The summed E-state index contributed by atoms with van der Waals surface area (Å²) in [5.41, 5.74) is 3.43. The molecule has 3 aromatic rings. The van der Waals surface area contributed by atoms with Crippen LogP contribution in [-0.4, -0.2) is 65.6 Å². The number of aliphatic hydroxyl groups excluding tert-OH is 1. The van der Waals surface area contributed by atoms with E-state index in [4.69, 9.17) is 33.2 Å². The number of carbonyl (C=O) groups is 1. The fourth-order valence-corrected chi connectivity index (χ4v) is 4.14. The van der Waals surface area contributed by atoms with Crippen molar-refractivity contribution in [3.05, 3.63) is 52.0 Å². The Labute approximate surface area is 215 Å². The molecular weight excluding hydrogens is 485 g/mol. The molecule has 1 saturated heterocycles. The van der Waals surface area contributed by atoms with Gasteiger partial charge >= 0.3 is 0 Å². The van der Waals surface area contributed by atoms with Crippen LogP contribution in [0.4, 0.5) is 5.82 Å². The Kier molecular flexibility index (Phi) is 9.41. The summed E-state index contributed by atoms with van der Waals surface area (Å²) in [5.74, 6) is 0.964. The summed E-state index contributed by atoms with van der Waals surface area (Å²) in [6.07, 6.45) is 1.88. The summed E-state index contributed by atoms with van der Waals surface area (Å²) in [6.45, 7) is 6.08. The number of hydrogen-bond donors (Lipinski definition) is 1. The minimum Gasteiger partial charge on any atom is -0.395 e. The van der Waals surface area contributed by atoms with E-state index in [1.807, 2.05) is 39.1 Å². The van der Waals surface area contributed by atoms with Crippen molar-refractivity contribution in [1.82, 2.24) is 14.9 Å². The van der Waals surface area contributed by atoms with Gasteiger partial charge in [0.25, 0.3) is 0 Å². The number of halogens is 2. The number of aromatic nitrogens is 2. The normalized spacial score (nSPS) is 15.3. The predicted octanol–water partition coefficient (Wildman–Crippen LogP) is 4.82. The molecule has 0 aliphatic carbocycles. The van der Waals surface area contributed by atoms with Crippen LogP contribution in [0.5, 0.6) is 0 Å². The third-order valence-electron chi connectivity index (χ3n) is 5.76. The predicted molar refractivity (Wildman–Crippen MR) is 141 cm³/mol. The molecule has 184 valence electrons. The van der Waals surface area contributed by atoms with Gasteiger partial charge in [-0.15, -0.1) is 0 Å². The van der Waals surface area contributed by atoms with E-state index in [1.54, 1.807) is 18.2 Å². The molecule has 35 heavy (non-hydrogen) atoms. The number of carbonyl (C=O) groups excluding carboxylic acids is 1. The Morgan fingerprint density at radius 2 is 1.89 bits per heavy atom. The van der Waals surface area contributed by atoms with E-state index in [9.17, 15) is 15.2 Å². The number of likely N-dealkylation sites (N-methyl/N-ethyl adjacent to an activating group) is 1. The Bertz CT molecular complexity index is 1230. The molecule has 1 N–H and O–H groups in total. The van der Waals surface area contributed by atoms with Crippen molar-refractivity contribution in [1.29, 1.82) is 5.26 Å². The van der Waals surface area contributed by atoms with E-state index < -0.39 is 0 Å². The van der Waals surface area contributed by atoms with Crippen molar-refractivity contribution < 1.29 is 9.90 Å². The first-order valence-corrected chi connectivity index (χ1v) is 12.2. The molecule has 2 heterocycles. The highest BCUT2D eigenvalue weighted by Crippen LogP contribution is 2.35. The van der Waals surface area contributed by atoms with Gasteiger partial charge < -0.3 is 14.8 Å². The smallest absolute Gasteiger partial charge is 0.156 e. The lowest BCUT2D eigenvalue weighted by Crippen LogP contribution is -2.36. The van der Waals surface area contributed by atoms with Gasteiger partial charge in [-0.2, -0.15) is 5.26 Å². The van der Waals surface area contributed by atoms with Gasteiger partial charge in [0.1, 0.15) is 12.0 Å². The maximum Gasteiger partial charge on any atom is 0.156 e. The number of nitrogens with zero attached hydrogens (tertiary/aromatic N) is 5. The molecule has 0 spiro atoms. The van der Waals surface area contributed by atoms with Gasteiger partial charge in [-0.3, -0.25) is 4.90 Å². The van der Waals surface area contributed by atoms with E-state index in [2.05, 4.69) is 15.9 Å². The Balaban J connectivity index is 0.000000623. The number of hydrogen-bond acceptors (Lipinski definition) is 7. The van der Waals surface area contributed by atoms with Crippen molar-refractivity contribution >= 4 is 46.3 Å². The van der Waals surface area contributed by atoms with Crippen LogP contribution in [0.25, 0.3) is 22.3 Å². The monoisotopic (exact) mass is 513 g/mol. The van der Waals surface area contributed by atoms with Crippen LogP contribution in [0, 0.1) is 17.2 Å². The lowest BCUT2D eigenvalue weighted by Gasteiger charge is -2.25. The van der Waals surface area contributed by atoms with Gasteiger partial charge in [-0.1, -0.05) is 49.2 Å². The summed E-state index contributed by atoms with van der Waals surface area (Å²) in [7, 11) is 2.02. The molecule has 0 amide bonds. The van der Waals surface area contributed by atoms with Crippen molar-refractivity contribution in [2.75, 3.05) is 38.2 Å². The van der Waals surface area contributed by atoms with Gasteiger partial charge in [0, 0.05) is 37.2 Å². The minimum atomic E-state index is 0.133. The maximum absolute atomic E-state index is 9.50. The zero-order valence-corrected chi connectivity index (χ0v) is 21.6. The molecule has 1 aliphatic heterocycles. The average Bonchev–Trinajstić information content (AvgIpc) is 3.35. The number of aldehydes is 1. The van der Waals surface area contributed by atoms with Crippen LogP contribution < -0.4 is 4.90 Å². The molecular formula is C26H29Cl2N5O2. The minimum absolute atomic E-state index is 0.133. The summed E-state index contributed by atoms with van der Waals surface area (Å²) in [5, 5.41) is 19.4. The average molecular weight is 514 g/mol. The molecule has 2 aromatic carbocycles. The van der Waals surface area contributed by atoms with Crippen molar-refractivity contribution in [2.45, 2.75) is 26.3 Å². The third-order valence-corrected chi connectivity index (χ3v) is 6.49. The van der Waals surface area contributed by atoms with E-state index in [-0.39, 0.29) is 12.5 Å². The molecule has 1 aromatic heterocycles. The Hall–Kier alpha value is -2.76. The van der Waals surface area contributed by atoms with Crippen molar-refractivity contribution in [3.8, 4) is 17.3 Å². The number of benzene rings is 2. The zero-order chi connectivity index (χ0) is 25.5. The topological polar surface area (TPSA) is 93.3 Å². The fourth-order valence-electron chi connectivity index (χ4n) is 3.83. The summed E-state index contributed by atoms with van der Waals surface area (Å²) in [4.78, 5) is 23.6. The van der Waals surface area contributed by atoms with E-state index >= 15 is 0 Å². The zero-order valence-electron chi connectivity index (χ0n) is 20.1. The second-order valence-corrected chi connectivity index (χ2v) is 9.63. The molecule has 0 saturated carbocycles. The van der Waals surface area contributed by atoms with Crippen LogP contribution in [0.15, 0.2) is 36.4 Å². The highest BCUT2D eigenvalue weighted by Gasteiger charge is 2.29. The molecule has 1 unspecified atom stereocenters. The fraction of sp³-hybridized carbons (Fsp3) is 0.385. The van der Waals surface area contributed by atoms with Gasteiger partial charge in [0.05, 0.1) is 39.3 Å². The summed E-state index contributed by atoms with van der Waals surface area (Å²) in [6, 6.07) is 13.3. The first-order valence-electron chi connectivity index (χ1n) is 11.5. The Morgan fingerprint density at radius 1 is 1.23 bits per heavy atom. The maximum atomic E-state index is 9.50. The molecule has 4 rings (SSSR count). The third kappa shape index (κ3) is 6.68. The van der Waals surface area contributed by atoms with Crippen LogP contribution in [0.2, 0.25) is 10.0 Å².